The predicted octanol–water partition coefficient (Wildman–Crippen LogP) is 1.95. The monoisotopic (exact) mass is 224 g/mol. The normalized spacial score (nSPS) is 19.1. The number of hydrogen-bond donors (Lipinski definition) is 1. The first kappa shape index (κ1) is 11.3. The van der Waals surface area contributed by atoms with Gasteiger partial charge in [0.1, 0.15) is 0 Å². The molecule has 0 aromatic carbocycles. The molecule has 1 aliphatic heterocycles. The van der Waals surface area contributed by atoms with Crippen molar-refractivity contribution in [2.24, 2.45) is 5.41 Å². The minimum absolute atomic E-state index is 0.212. The molecular formula is C12H17FN2O. The van der Waals surface area contributed by atoms with E-state index in [1.807, 2.05) is 4.90 Å². The molecule has 4 heteroatoms. The minimum Gasteiger partial charge on any atom is -0.392 e. The number of anilines is 1. The third kappa shape index (κ3) is 2.02. The van der Waals surface area contributed by atoms with Crippen molar-refractivity contribution in [3.63, 3.8) is 0 Å². The van der Waals surface area contributed by atoms with Crippen LogP contribution >= 0.6 is 0 Å². The molecule has 0 atom stereocenters. The van der Waals surface area contributed by atoms with Gasteiger partial charge in [-0.15, -0.1) is 0 Å². The van der Waals surface area contributed by atoms with E-state index >= 15 is 0 Å². The summed E-state index contributed by atoms with van der Waals surface area (Å²) < 4.78 is 13.9. The van der Waals surface area contributed by atoms with E-state index in [1.54, 1.807) is 6.20 Å². The lowest BCUT2D eigenvalue weighted by atomic mass is 9.93. The summed E-state index contributed by atoms with van der Waals surface area (Å²) in [5.41, 5.74) is 0.526. The first-order valence-electron chi connectivity index (χ1n) is 5.53. The van der Waals surface area contributed by atoms with Crippen LogP contribution < -0.4 is 4.90 Å². The molecule has 1 aromatic heterocycles. The van der Waals surface area contributed by atoms with E-state index in [4.69, 9.17) is 5.11 Å². The second-order valence-corrected chi connectivity index (χ2v) is 5.10. The predicted molar refractivity (Wildman–Crippen MR) is 60.7 cm³/mol. The van der Waals surface area contributed by atoms with Crippen molar-refractivity contribution in [1.82, 2.24) is 4.98 Å². The van der Waals surface area contributed by atoms with Crippen molar-refractivity contribution < 1.29 is 9.50 Å². The maximum Gasteiger partial charge on any atom is 0.171 e. The van der Waals surface area contributed by atoms with Crippen LogP contribution in [0.25, 0.3) is 0 Å². The fraction of sp³-hybridized carbons (Fsp3) is 0.583. The lowest BCUT2D eigenvalue weighted by Gasteiger charge is -2.21. The zero-order valence-electron chi connectivity index (χ0n) is 9.70. The quantitative estimate of drug-likeness (QED) is 0.834. The molecule has 2 rings (SSSR count). The molecule has 0 amide bonds. The van der Waals surface area contributed by atoms with Gasteiger partial charge in [-0.25, -0.2) is 9.37 Å². The standard InChI is InChI=1S/C12H17FN2O/c1-12(2)4-6-15(8-12)11-10(13)9(7-16)3-5-14-11/h3,5,16H,4,6-8H2,1-2H3. The first-order valence-corrected chi connectivity index (χ1v) is 5.53. The highest BCUT2D eigenvalue weighted by atomic mass is 19.1. The summed E-state index contributed by atoms with van der Waals surface area (Å²) in [6.45, 7) is 5.69. The van der Waals surface area contributed by atoms with Gasteiger partial charge in [0.25, 0.3) is 0 Å². The number of aliphatic hydroxyl groups excluding tert-OH is 1. The Labute approximate surface area is 94.9 Å². The molecule has 0 spiro atoms. The molecule has 1 saturated heterocycles. The van der Waals surface area contributed by atoms with Crippen LogP contribution in [0.1, 0.15) is 25.8 Å². The molecule has 1 N–H and O–H groups in total. The van der Waals surface area contributed by atoms with E-state index in [9.17, 15) is 4.39 Å². The van der Waals surface area contributed by atoms with Crippen molar-refractivity contribution in [3.8, 4) is 0 Å². The Morgan fingerprint density at radius 3 is 2.88 bits per heavy atom. The summed E-state index contributed by atoms with van der Waals surface area (Å²) in [6.07, 6.45) is 2.59. The molecule has 1 aromatic rings. The number of rotatable bonds is 2. The van der Waals surface area contributed by atoms with E-state index in [0.717, 1.165) is 19.5 Å². The number of aliphatic hydroxyl groups is 1. The van der Waals surface area contributed by atoms with E-state index in [1.165, 1.54) is 6.07 Å². The second kappa shape index (κ2) is 4.01. The highest BCUT2D eigenvalue weighted by Crippen LogP contribution is 2.33. The van der Waals surface area contributed by atoms with Crippen LogP contribution in [-0.2, 0) is 6.61 Å². The van der Waals surface area contributed by atoms with Gasteiger partial charge in [-0.05, 0) is 17.9 Å². The number of halogens is 1. The van der Waals surface area contributed by atoms with Gasteiger partial charge in [-0.1, -0.05) is 13.8 Å². The summed E-state index contributed by atoms with van der Waals surface area (Å²) in [5, 5.41) is 9.00. The zero-order chi connectivity index (χ0) is 11.8. The Kier molecular flexibility index (Phi) is 2.84. The Morgan fingerprint density at radius 2 is 2.31 bits per heavy atom. The van der Waals surface area contributed by atoms with Crippen LogP contribution in [0.4, 0.5) is 10.2 Å². The first-order chi connectivity index (χ1) is 7.53. The maximum atomic E-state index is 13.9. The van der Waals surface area contributed by atoms with Crippen molar-refractivity contribution in [1.29, 1.82) is 0 Å². The van der Waals surface area contributed by atoms with Crippen molar-refractivity contribution in [2.45, 2.75) is 26.9 Å². The topological polar surface area (TPSA) is 36.4 Å². The van der Waals surface area contributed by atoms with Gasteiger partial charge in [0.05, 0.1) is 6.61 Å². The third-order valence-corrected chi connectivity index (χ3v) is 3.10. The van der Waals surface area contributed by atoms with Gasteiger partial charge >= 0.3 is 0 Å². The summed E-state index contributed by atoms with van der Waals surface area (Å²) >= 11 is 0. The van der Waals surface area contributed by atoms with Gasteiger partial charge in [0, 0.05) is 24.8 Å². The SMILES string of the molecule is CC1(C)CCN(c2nccc(CO)c2F)C1. The van der Waals surface area contributed by atoms with E-state index in [-0.39, 0.29) is 17.8 Å². The van der Waals surface area contributed by atoms with E-state index in [0.29, 0.717) is 11.4 Å². The van der Waals surface area contributed by atoms with Crippen LogP contribution in [0.15, 0.2) is 12.3 Å². The fourth-order valence-corrected chi connectivity index (χ4v) is 2.11. The van der Waals surface area contributed by atoms with Gasteiger partial charge in [0.15, 0.2) is 11.6 Å². The lowest BCUT2D eigenvalue weighted by molar-refractivity contribution is 0.275. The molecule has 1 fully saturated rings. The van der Waals surface area contributed by atoms with Crippen LogP contribution in [0.5, 0.6) is 0 Å². The Bertz CT molecular complexity index is 393. The van der Waals surface area contributed by atoms with Crippen LogP contribution in [0.3, 0.4) is 0 Å². The molecule has 0 unspecified atom stereocenters. The minimum atomic E-state index is -0.386. The number of nitrogens with zero attached hydrogens (tertiary/aromatic N) is 2. The number of pyridine rings is 1. The van der Waals surface area contributed by atoms with E-state index in [2.05, 4.69) is 18.8 Å². The molecule has 0 saturated carbocycles. The summed E-state index contributed by atoms with van der Waals surface area (Å²) in [7, 11) is 0. The third-order valence-electron chi connectivity index (χ3n) is 3.10. The Morgan fingerprint density at radius 1 is 1.56 bits per heavy atom. The van der Waals surface area contributed by atoms with Crippen LogP contribution in [-0.4, -0.2) is 23.2 Å². The summed E-state index contributed by atoms with van der Waals surface area (Å²) in [6, 6.07) is 1.51. The maximum absolute atomic E-state index is 13.9. The highest BCUT2D eigenvalue weighted by Gasteiger charge is 2.31. The molecule has 3 nitrogen and oxygen atoms in total. The summed E-state index contributed by atoms with van der Waals surface area (Å²) in [5.74, 6) is -0.0141. The number of hydrogen-bond acceptors (Lipinski definition) is 3. The van der Waals surface area contributed by atoms with Crippen molar-refractivity contribution in [3.05, 3.63) is 23.6 Å². The highest BCUT2D eigenvalue weighted by molar-refractivity contribution is 5.44. The molecule has 88 valence electrons. The molecule has 0 bridgehead atoms. The van der Waals surface area contributed by atoms with Crippen molar-refractivity contribution in [2.75, 3.05) is 18.0 Å². The smallest absolute Gasteiger partial charge is 0.171 e. The Balaban J connectivity index is 2.28. The Hall–Kier alpha value is -1.16. The molecule has 0 aliphatic carbocycles. The molecular weight excluding hydrogens is 207 g/mol. The van der Waals surface area contributed by atoms with Gasteiger partial charge in [0.2, 0.25) is 0 Å². The fourth-order valence-electron chi connectivity index (χ4n) is 2.11. The van der Waals surface area contributed by atoms with Gasteiger partial charge in [-0.2, -0.15) is 0 Å². The summed E-state index contributed by atoms with van der Waals surface area (Å²) in [4.78, 5) is 6.03. The van der Waals surface area contributed by atoms with E-state index < -0.39 is 0 Å². The lowest BCUT2D eigenvalue weighted by Crippen LogP contribution is -2.25. The van der Waals surface area contributed by atoms with Gasteiger partial charge < -0.3 is 10.0 Å². The molecule has 1 aliphatic rings. The van der Waals surface area contributed by atoms with Crippen molar-refractivity contribution >= 4 is 5.82 Å². The average molecular weight is 224 g/mol. The average Bonchev–Trinajstić information content (AvgIpc) is 2.59. The molecule has 16 heavy (non-hydrogen) atoms. The molecule has 2 heterocycles. The number of aromatic nitrogens is 1. The second-order valence-electron chi connectivity index (χ2n) is 5.10. The van der Waals surface area contributed by atoms with Crippen LogP contribution in [0, 0.1) is 11.2 Å². The van der Waals surface area contributed by atoms with Gasteiger partial charge in [-0.3, -0.25) is 0 Å². The van der Waals surface area contributed by atoms with Crippen LogP contribution in [0.2, 0.25) is 0 Å². The zero-order valence-corrected chi connectivity index (χ0v) is 9.70. The largest absolute Gasteiger partial charge is 0.392 e. The molecule has 0 radical (unpaired) electrons.